The molecule has 0 aliphatic carbocycles. The summed E-state index contributed by atoms with van der Waals surface area (Å²) >= 11 is 0. The van der Waals surface area contributed by atoms with Gasteiger partial charge in [0.2, 0.25) is 0 Å². The lowest BCUT2D eigenvalue weighted by atomic mass is 10.0. The molecular weight excluding hydrogens is 212 g/mol. The highest BCUT2D eigenvalue weighted by atomic mass is 16.6. The second-order valence-corrected chi connectivity index (χ2v) is 4.92. The third kappa shape index (κ3) is 4.85. The maximum Gasteiger partial charge on any atom is 0.331 e. The Bertz CT molecular complexity index is 397. The highest BCUT2D eigenvalue weighted by molar-refractivity contribution is 5.91. The minimum atomic E-state index is -0.441. The van der Waals surface area contributed by atoms with Crippen LogP contribution in [0.3, 0.4) is 0 Å². The van der Waals surface area contributed by atoms with E-state index in [1.807, 2.05) is 58.0 Å². The Balaban J connectivity index is 2.85. The van der Waals surface area contributed by atoms with Crippen molar-refractivity contribution >= 4 is 11.5 Å². The number of carbonyl (C=O) groups is 1. The molecule has 1 aromatic carbocycles. The molecule has 2 nitrogen and oxygen atoms in total. The van der Waals surface area contributed by atoms with Crippen molar-refractivity contribution in [3.63, 3.8) is 0 Å². The molecule has 0 saturated heterocycles. The van der Waals surface area contributed by atoms with Crippen molar-refractivity contribution in [2.75, 3.05) is 0 Å². The number of allylic oxidation sites excluding steroid dienone is 1. The van der Waals surface area contributed by atoms with Gasteiger partial charge >= 0.3 is 5.97 Å². The third-order valence-electron chi connectivity index (χ3n) is 2.22. The van der Waals surface area contributed by atoms with Crippen LogP contribution in [0.25, 0.3) is 5.57 Å². The van der Waals surface area contributed by atoms with Gasteiger partial charge in [-0.3, -0.25) is 0 Å². The fourth-order valence-corrected chi connectivity index (χ4v) is 1.52. The molecule has 0 N–H and O–H groups in total. The average molecular weight is 232 g/mol. The van der Waals surface area contributed by atoms with E-state index >= 15 is 0 Å². The maximum atomic E-state index is 11.7. The van der Waals surface area contributed by atoms with E-state index in [9.17, 15) is 4.79 Å². The van der Waals surface area contributed by atoms with Gasteiger partial charge in [-0.05, 0) is 38.3 Å². The first-order chi connectivity index (χ1) is 7.92. The Morgan fingerprint density at radius 1 is 1.24 bits per heavy atom. The summed E-state index contributed by atoms with van der Waals surface area (Å²) in [6, 6.07) is 9.89. The predicted molar refractivity (Wildman–Crippen MR) is 70.6 cm³/mol. The van der Waals surface area contributed by atoms with E-state index in [0.29, 0.717) is 0 Å². The van der Waals surface area contributed by atoms with Crippen LogP contribution in [-0.2, 0) is 9.53 Å². The first kappa shape index (κ1) is 13.5. The number of hydrogen-bond donors (Lipinski definition) is 0. The zero-order valence-electron chi connectivity index (χ0n) is 11.0. The summed E-state index contributed by atoms with van der Waals surface area (Å²) in [5.41, 5.74) is 1.63. The van der Waals surface area contributed by atoms with Gasteiger partial charge in [0.1, 0.15) is 5.60 Å². The molecule has 0 atom stereocenters. The zero-order valence-corrected chi connectivity index (χ0v) is 11.0. The van der Waals surface area contributed by atoms with Gasteiger partial charge in [-0.2, -0.15) is 0 Å². The minimum absolute atomic E-state index is 0.279. The Morgan fingerprint density at radius 2 is 1.82 bits per heavy atom. The highest BCUT2D eigenvalue weighted by Crippen LogP contribution is 2.18. The lowest BCUT2D eigenvalue weighted by Gasteiger charge is -2.18. The van der Waals surface area contributed by atoms with E-state index in [1.54, 1.807) is 6.08 Å². The maximum absolute atomic E-state index is 11.7. The Labute approximate surface area is 103 Å². The molecule has 0 unspecified atom stereocenters. The van der Waals surface area contributed by atoms with Crippen molar-refractivity contribution in [1.29, 1.82) is 0 Å². The molecule has 92 valence electrons. The lowest BCUT2D eigenvalue weighted by molar-refractivity contribution is -0.148. The van der Waals surface area contributed by atoms with E-state index in [0.717, 1.165) is 17.6 Å². The molecule has 1 rings (SSSR count). The number of ether oxygens (including phenoxy) is 1. The van der Waals surface area contributed by atoms with Crippen LogP contribution in [0.2, 0.25) is 0 Å². The van der Waals surface area contributed by atoms with Crippen molar-refractivity contribution in [3.8, 4) is 0 Å². The summed E-state index contributed by atoms with van der Waals surface area (Å²) in [6.45, 7) is 7.63. The van der Waals surface area contributed by atoms with E-state index < -0.39 is 5.60 Å². The standard InChI is InChI=1S/C15H20O2/c1-5-12(13-9-7-6-8-10-13)11-14(16)17-15(2,3)4/h6-11H,5H2,1-4H3/b12-11+. The van der Waals surface area contributed by atoms with Crippen LogP contribution in [0.4, 0.5) is 0 Å². The summed E-state index contributed by atoms with van der Waals surface area (Å²) in [6.07, 6.45) is 2.39. The van der Waals surface area contributed by atoms with Crippen molar-refractivity contribution in [2.45, 2.75) is 39.7 Å². The fourth-order valence-electron chi connectivity index (χ4n) is 1.52. The van der Waals surface area contributed by atoms with Crippen molar-refractivity contribution < 1.29 is 9.53 Å². The van der Waals surface area contributed by atoms with Gasteiger partial charge in [0.15, 0.2) is 0 Å². The quantitative estimate of drug-likeness (QED) is 0.585. The van der Waals surface area contributed by atoms with Gasteiger partial charge in [-0.25, -0.2) is 4.79 Å². The SMILES string of the molecule is CC/C(=C\C(=O)OC(C)(C)C)c1ccccc1. The number of benzene rings is 1. The molecule has 0 heterocycles. The largest absolute Gasteiger partial charge is 0.457 e. The smallest absolute Gasteiger partial charge is 0.331 e. The fraction of sp³-hybridized carbons (Fsp3) is 0.400. The molecular formula is C15H20O2. The first-order valence-electron chi connectivity index (χ1n) is 5.91. The molecule has 0 saturated carbocycles. The molecule has 17 heavy (non-hydrogen) atoms. The van der Waals surface area contributed by atoms with E-state index in [2.05, 4.69) is 0 Å². The third-order valence-corrected chi connectivity index (χ3v) is 2.22. The molecule has 0 amide bonds. The highest BCUT2D eigenvalue weighted by Gasteiger charge is 2.15. The van der Waals surface area contributed by atoms with Gasteiger partial charge in [0, 0.05) is 6.08 Å². The molecule has 0 radical (unpaired) electrons. The number of carbonyl (C=O) groups excluding carboxylic acids is 1. The van der Waals surface area contributed by atoms with Gasteiger partial charge in [-0.15, -0.1) is 0 Å². The van der Waals surface area contributed by atoms with Crippen molar-refractivity contribution in [1.82, 2.24) is 0 Å². The van der Waals surface area contributed by atoms with Crippen molar-refractivity contribution in [2.24, 2.45) is 0 Å². The second kappa shape index (κ2) is 5.67. The molecule has 2 heteroatoms. The number of rotatable bonds is 3. The van der Waals surface area contributed by atoms with Crippen LogP contribution in [0.15, 0.2) is 36.4 Å². The van der Waals surface area contributed by atoms with Gasteiger partial charge < -0.3 is 4.74 Å². The van der Waals surface area contributed by atoms with Crippen LogP contribution in [0, 0.1) is 0 Å². The predicted octanol–water partition coefficient (Wildman–Crippen LogP) is 3.82. The molecule has 0 bridgehead atoms. The van der Waals surface area contributed by atoms with E-state index in [4.69, 9.17) is 4.74 Å². The zero-order chi connectivity index (χ0) is 12.9. The van der Waals surface area contributed by atoms with Gasteiger partial charge in [0.05, 0.1) is 0 Å². The molecule has 0 spiro atoms. The van der Waals surface area contributed by atoms with Crippen LogP contribution in [0.5, 0.6) is 0 Å². The van der Waals surface area contributed by atoms with Crippen molar-refractivity contribution in [3.05, 3.63) is 42.0 Å². The average Bonchev–Trinajstić information content (AvgIpc) is 2.24. The van der Waals surface area contributed by atoms with E-state index in [1.165, 1.54) is 0 Å². The molecule has 0 aliphatic heterocycles. The number of hydrogen-bond acceptors (Lipinski definition) is 2. The second-order valence-electron chi connectivity index (χ2n) is 4.92. The van der Waals surface area contributed by atoms with Gasteiger partial charge in [-0.1, -0.05) is 37.3 Å². The molecule has 0 aromatic heterocycles. The summed E-state index contributed by atoms with van der Waals surface area (Å²) in [4.78, 5) is 11.7. The lowest BCUT2D eigenvalue weighted by Crippen LogP contribution is -2.22. The normalized spacial score (nSPS) is 12.4. The van der Waals surface area contributed by atoms with Gasteiger partial charge in [0.25, 0.3) is 0 Å². The summed E-state index contributed by atoms with van der Waals surface area (Å²) < 4.78 is 5.28. The summed E-state index contributed by atoms with van der Waals surface area (Å²) in [7, 11) is 0. The van der Waals surface area contributed by atoms with Crippen LogP contribution < -0.4 is 0 Å². The monoisotopic (exact) mass is 232 g/mol. The summed E-state index contributed by atoms with van der Waals surface area (Å²) in [5, 5.41) is 0. The van der Waals surface area contributed by atoms with E-state index in [-0.39, 0.29) is 5.97 Å². The molecule has 0 aliphatic rings. The van der Waals surface area contributed by atoms with Crippen LogP contribution in [0.1, 0.15) is 39.7 Å². The molecule has 0 fully saturated rings. The first-order valence-corrected chi connectivity index (χ1v) is 5.91. The van der Waals surface area contributed by atoms with Crippen LogP contribution in [-0.4, -0.2) is 11.6 Å². The molecule has 1 aromatic rings. The number of esters is 1. The Morgan fingerprint density at radius 3 is 2.29 bits per heavy atom. The topological polar surface area (TPSA) is 26.3 Å². The minimum Gasteiger partial charge on any atom is -0.457 e. The Kier molecular flexibility index (Phi) is 4.50. The Hall–Kier alpha value is -1.57. The van der Waals surface area contributed by atoms with Crippen LogP contribution >= 0.6 is 0 Å². The summed E-state index contributed by atoms with van der Waals surface area (Å²) in [5.74, 6) is -0.279.